The van der Waals surface area contributed by atoms with Crippen LogP contribution in [0.5, 0.6) is 0 Å². The molecule has 4 nitrogen and oxygen atoms in total. The maximum Gasteiger partial charge on any atom is 0.227 e. The number of nitrogens with zero attached hydrogens (tertiary/aromatic N) is 1. The van der Waals surface area contributed by atoms with Gasteiger partial charge in [-0.1, -0.05) is 12.1 Å². The lowest BCUT2D eigenvalue weighted by atomic mass is 9.90. The second kappa shape index (κ2) is 4.82. The third kappa shape index (κ3) is 2.47. The largest absolute Gasteiger partial charge is 0.339 e. The lowest BCUT2D eigenvalue weighted by Gasteiger charge is -2.30. The normalized spacial score (nSPS) is 24.8. The Hall–Kier alpha value is -1.39. The molecule has 2 aliphatic rings. The number of hydrogen-bond acceptors (Lipinski definition) is 3. The third-order valence-corrected chi connectivity index (χ3v) is 4.80. The van der Waals surface area contributed by atoms with E-state index >= 15 is 0 Å². The van der Waals surface area contributed by atoms with Crippen LogP contribution in [-0.4, -0.2) is 23.7 Å². The van der Waals surface area contributed by atoms with Crippen LogP contribution in [0.3, 0.4) is 0 Å². The molecule has 0 spiro atoms. The maximum absolute atomic E-state index is 11.8. The van der Waals surface area contributed by atoms with E-state index in [2.05, 4.69) is 0 Å². The quantitative estimate of drug-likeness (QED) is 0.837. The highest BCUT2D eigenvalue weighted by Gasteiger charge is 2.49. The molecule has 1 aromatic rings. The number of rotatable bonds is 2. The minimum atomic E-state index is -0.349. The Morgan fingerprint density at radius 3 is 2.10 bits per heavy atom. The number of amides is 1. The van der Waals surface area contributed by atoms with E-state index in [9.17, 15) is 4.79 Å². The van der Waals surface area contributed by atoms with E-state index in [0.717, 1.165) is 24.2 Å². The fourth-order valence-corrected chi connectivity index (χ4v) is 2.71. The summed E-state index contributed by atoms with van der Waals surface area (Å²) in [5.41, 5.74) is 1.28. The highest BCUT2D eigenvalue weighted by atomic mass is 16.7. The van der Waals surface area contributed by atoms with Crippen LogP contribution in [0.1, 0.15) is 52.4 Å². The SMILES string of the molecule is CC1(C)OC(c2ccc(N3CCCC3=O)cc2)OC1(C)C. The van der Waals surface area contributed by atoms with Gasteiger partial charge in [-0.05, 0) is 46.2 Å². The van der Waals surface area contributed by atoms with Crippen LogP contribution in [0.4, 0.5) is 5.69 Å². The van der Waals surface area contributed by atoms with Crippen molar-refractivity contribution < 1.29 is 14.3 Å². The van der Waals surface area contributed by atoms with Crippen molar-refractivity contribution in [2.24, 2.45) is 0 Å². The fourth-order valence-electron chi connectivity index (χ4n) is 2.71. The summed E-state index contributed by atoms with van der Waals surface area (Å²) in [4.78, 5) is 13.6. The summed E-state index contributed by atoms with van der Waals surface area (Å²) < 4.78 is 12.1. The third-order valence-electron chi connectivity index (χ3n) is 4.80. The molecule has 114 valence electrons. The Labute approximate surface area is 126 Å². The van der Waals surface area contributed by atoms with Gasteiger partial charge in [-0.2, -0.15) is 0 Å². The first-order valence-corrected chi connectivity index (χ1v) is 7.56. The predicted octanol–water partition coefficient (Wildman–Crippen LogP) is 3.42. The summed E-state index contributed by atoms with van der Waals surface area (Å²) in [6.45, 7) is 9.00. The smallest absolute Gasteiger partial charge is 0.227 e. The molecular weight excluding hydrogens is 266 g/mol. The molecule has 1 aromatic carbocycles. The van der Waals surface area contributed by atoms with Crippen LogP contribution < -0.4 is 4.90 Å². The van der Waals surface area contributed by atoms with Crippen molar-refractivity contribution >= 4 is 11.6 Å². The lowest BCUT2D eigenvalue weighted by Crippen LogP contribution is -2.41. The summed E-state index contributed by atoms with van der Waals surface area (Å²) >= 11 is 0. The molecular formula is C17H23NO3. The van der Waals surface area contributed by atoms with E-state index in [1.807, 2.05) is 56.9 Å². The van der Waals surface area contributed by atoms with Crippen molar-refractivity contribution in [3.05, 3.63) is 29.8 Å². The van der Waals surface area contributed by atoms with Crippen molar-refractivity contribution in [2.45, 2.75) is 58.0 Å². The van der Waals surface area contributed by atoms with Crippen molar-refractivity contribution in [3.63, 3.8) is 0 Å². The van der Waals surface area contributed by atoms with Gasteiger partial charge in [-0.15, -0.1) is 0 Å². The lowest BCUT2D eigenvalue weighted by molar-refractivity contribution is -0.117. The Morgan fingerprint density at radius 1 is 1.05 bits per heavy atom. The molecule has 2 saturated heterocycles. The predicted molar refractivity (Wildman–Crippen MR) is 81.1 cm³/mol. The second-order valence-corrected chi connectivity index (χ2v) is 6.83. The van der Waals surface area contributed by atoms with Gasteiger partial charge in [-0.25, -0.2) is 0 Å². The molecule has 0 unspecified atom stereocenters. The van der Waals surface area contributed by atoms with E-state index in [1.165, 1.54) is 0 Å². The van der Waals surface area contributed by atoms with Gasteiger partial charge < -0.3 is 14.4 Å². The average Bonchev–Trinajstić information content (AvgIpc) is 2.92. The zero-order valence-electron chi connectivity index (χ0n) is 13.2. The van der Waals surface area contributed by atoms with Crippen molar-refractivity contribution in [1.82, 2.24) is 0 Å². The molecule has 2 heterocycles. The first-order chi connectivity index (χ1) is 9.80. The van der Waals surface area contributed by atoms with Crippen LogP contribution >= 0.6 is 0 Å². The molecule has 0 N–H and O–H groups in total. The summed E-state index contributed by atoms with van der Waals surface area (Å²) in [5.74, 6) is 0.207. The van der Waals surface area contributed by atoms with E-state index < -0.39 is 0 Å². The molecule has 0 saturated carbocycles. The van der Waals surface area contributed by atoms with Crippen molar-refractivity contribution in [2.75, 3.05) is 11.4 Å². The summed E-state index contributed by atoms with van der Waals surface area (Å²) in [6, 6.07) is 7.93. The highest BCUT2D eigenvalue weighted by Crippen LogP contribution is 2.44. The molecule has 0 aromatic heterocycles. The average molecular weight is 289 g/mol. The van der Waals surface area contributed by atoms with Gasteiger partial charge >= 0.3 is 0 Å². The van der Waals surface area contributed by atoms with Crippen LogP contribution in [0, 0.1) is 0 Å². The van der Waals surface area contributed by atoms with Gasteiger partial charge in [0.2, 0.25) is 5.91 Å². The Bertz CT molecular complexity index is 532. The molecule has 4 heteroatoms. The van der Waals surface area contributed by atoms with E-state index in [-0.39, 0.29) is 23.4 Å². The van der Waals surface area contributed by atoms with Gasteiger partial charge in [0.1, 0.15) is 0 Å². The van der Waals surface area contributed by atoms with Gasteiger partial charge in [0.15, 0.2) is 6.29 Å². The first kappa shape index (κ1) is 14.5. The Kier molecular flexibility index (Phi) is 3.34. The van der Waals surface area contributed by atoms with Crippen molar-refractivity contribution in [3.8, 4) is 0 Å². The molecule has 2 aliphatic heterocycles. The minimum absolute atomic E-state index is 0.207. The molecule has 21 heavy (non-hydrogen) atoms. The summed E-state index contributed by atoms with van der Waals surface area (Å²) in [7, 11) is 0. The number of hydrogen-bond donors (Lipinski definition) is 0. The van der Waals surface area contributed by atoms with Crippen LogP contribution in [0.25, 0.3) is 0 Å². The topological polar surface area (TPSA) is 38.8 Å². The molecule has 0 bridgehead atoms. The number of benzene rings is 1. The maximum atomic E-state index is 11.8. The summed E-state index contributed by atoms with van der Waals surface area (Å²) in [6.07, 6.45) is 1.25. The number of carbonyl (C=O) groups is 1. The van der Waals surface area contributed by atoms with Crippen LogP contribution in [-0.2, 0) is 14.3 Å². The zero-order valence-corrected chi connectivity index (χ0v) is 13.2. The molecule has 0 atom stereocenters. The monoisotopic (exact) mass is 289 g/mol. The van der Waals surface area contributed by atoms with Gasteiger partial charge in [-0.3, -0.25) is 4.79 Å². The highest BCUT2D eigenvalue weighted by molar-refractivity contribution is 5.95. The Morgan fingerprint density at radius 2 is 1.62 bits per heavy atom. The molecule has 1 amide bonds. The summed E-state index contributed by atoms with van der Waals surface area (Å²) in [5, 5.41) is 0. The fraction of sp³-hybridized carbons (Fsp3) is 0.588. The van der Waals surface area contributed by atoms with Crippen LogP contribution in [0.2, 0.25) is 0 Å². The Balaban J connectivity index is 1.78. The number of carbonyl (C=O) groups excluding carboxylic acids is 1. The minimum Gasteiger partial charge on any atom is -0.339 e. The molecule has 0 radical (unpaired) electrons. The first-order valence-electron chi connectivity index (χ1n) is 7.56. The second-order valence-electron chi connectivity index (χ2n) is 6.83. The van der Waals surface area contributed by atoms with Gasteiger partial charge in [0, 0.05) is 24.2 Å². The van der Waals surface area contributed by atoms with E-state index in [1.54, 1.807) is 0 Å². The van der Waals surface area contributed by atoms with Gasteiger partial charge in [0.05, 0.1) is 11.2 Å². The molecule has 2 fully saturated rings. The molecule has 3 rings (SSSR count). The number of ether oxygens (including phenoxy) is 2. The van der Waals surface area contributed by atoms with E-state index in [4.69, 9.17) is 9.47 Å². The zero-order chi connectivity index (χ0) is 15.3. The van der Waals surface area contributed by atoms with Crippen LogP contribution in [0.15, 0.2) is 24.3 Å². The van der Waals surface area contributed by atoms with Crippen molar-refractivity contribution in [1.29, 1.82) is 0 Å². The molecule has 0 aliphatic carbocycles. The van der Waals surface area contributed by atoms with E-state index in [0.29, 0.717) is 6.42 Å². The van der Waals surface area contributed by atoms with Gasteiger partial charge in [0.25, 0.3) is 0 Å². The standard InChI is InChI=1S/C17H23NO3/c1-16(2)17(3,4)21-15(20-16)12-7-9-13(10-8-12)18-11-5-6-14(18)19/h7-10,15H,5-6,11H2,1-4H3. The number of anilines is 1.